The van der Waals surface area contributed by atoms with Gasteiger partial charge >= 0.3 is 0 Å². The molecule has 0 aromatic carbocycles. The van der Waals surface area contributed by atoms with Gasteiger partial charge in [-0.05, 0) is 19.5 Å². The molecule has 0 saturated heterocycles. The van der Waals surface area contributed by atoms with Gasteiger partial charge in [-0.25, -0.2) is 0 Å². The summed E-state index contributed by atoms with van der Waals surface area (Å²) in [6.07, 6.45) is 1.56. The maximum absolute atomic E-state index is 9.96. The van der Waals surface area contributed by atoms with Gasteiger partial charge in [-0.3, -0.25) is 0 Å². The minimum Gasteiger partial charge on any atom is -0.394 e. The Kier molecular flexibility index (Phi) is 13.1. The van der Waals surface area contributed by atoms with Crippen LogP contribution in [-0.2, 0) is 0 Å². The van der Waals surface area contributed by atoms with Crippen molar-refractivity contribution in [3.63, 3.8) is 0 Å². The molecular weight excluding hydrogens is 286 g/mol. The van der Waals surface area contributed by atoms with Crippen LogP contribution in [0.25, 0.3) is 0 Å². The molecule has 0 aromatic rings. The monoisotopic (exact) mass is 321 g/mol. The molecule has 0 aliphatic rings. The highest BCUT2D eigenvalue weighted by atomic mass is 16.4. The molecule has 0 fully saturated rings. The Morgan fingerprint density at radius 1 is 0.773 bits per heavy atom. The smallest absolute Gasteiger partial charge is 0.111 e. The van der Waals surface area contributed by atoms with Gasteiger partial charge < -0.3 is 30.4 Å². The van der Waals surface area contributed by atoms with Crippen molar-refractivity contribution in [2.45, 2.75) is 76.8 Å². The molecular formula is C16H35NO5. The molecule has 0 rings (SSSR count). The Labute approximate surface area is 134 Å². The molecule has 0 spiro atoms. The molecule has 0 amide bonds. The Morgan fingerprint density at radius 3 is 1.86 bits per heavy atom. The number of aliphatic hydroxyl groups is 5. The molecule has 6 nitrogen and oxygen atoms in total. The fourth-order valence-corrected chi connectivity index (χ4v) is 2.43. The minimum atomic E-state index is -1.55. The van der Waals surface area contributed by atoms with Gasteiger partial charge in [0.05, 0.1) is 12.7 Å². The van der Waals surface area contributed by atoms with Crippen LogP contribution in [-0.4, -0.2) is 81.1 Å². The van der Waals surface area contributed by atoms with Crippen LogP contribution < -0.4 is 0 Å². The SMILES string of the molecule is CCCCCCCCN(CC)C[C@H](O)[C@@H](O)[C@H](O)[C@H](O)CO. The zero-order valence-corrected chi connectivity index (χ0v) is 14.1. The van der Waals surface area contributed by atoms with E-state index in [2.05, 4.69) is 6.92 Å². The van der Waals surface area contributed by atoms with E-state index < -0.39 is 31.0 Å². The molecule has 0 bridgehead atoms. The number of aliphatic hydroxyl groups excluding tert-OH is 5. The summed E-state index contributed by atoms with van der Waals surface area (Å²) >= 11 is 0. The molecule has 0 aliphatic heterocycles. The van der Waals surface area contributed by atoms with Crippen LogP contribution in [0.15, 0.2) is 0 Å². The van der Waals surface area contributed by atoms with Crippen LogP contribution in [0.2, 0.25) is 0 Å². The first-order chi connectivity index (χ1) is 10.5. The van der Waals surface area contributed by atoms with Crippen LogP contribution in [0.4, 0.5) is 0 Å². The molecule has 22 heavy (non-hydrogen) atoms. The molecule has 0 aromatic heterocycles. The lowest BCUT2D eigenvalue weighted by Gasteiger charge is -2.29. The highest BCUT2D eigenvalue weighted by Gasteiger charge is 2.30. The van der Waals surface area contributed by atoms with Crippen molar-refractivity contribution in [1.82, 2.24) is 4.90 Å². The average Bonchev–Trinajstić information content (AvgIpc) is 2.54. The number of unbranched alkanes of at least 4 members (excludes halogenated alkanes) is 5. The number of likely N-dealkylation sites (N-methyl/N-ethyl adjacent to an activating group) is 1. The van der Waals surface area contributed by atoms with Crippen LogP contribution in [0, 0.1) is 0 Å². The van der Waals surface area contributed by atoms with Crippen molar-refractivity contribution in [1.29, 1.82) is 0 Å². The molecule has 0 unspecified atom stereocenters. The molecule has 6 heteroatoms. The number of rotatable bonds is 14. The highest BCUT2D eigenvalue weighted by Crippen LogP contribution is 2.09. The van der Waals surface area contributed by atoms with E-state index in [9.17, 15) is 20.4 Å². The third-order valence-corrected chi connectivity index (χ3v) is 4.05. The van der Waals surface area contributed by atoms with Crippen molar-refractivity contribution in [2.24, 2.45) is 0 Å². The van der Waals surface area contributed by atoms with Crippen LogP contribution >= 0.6 is 0 Å². The summed E-state index contributed by atoms with van der Waals surface area (Å²) in [5.41, 5.74) is 0. The zero-order chi connectivity index (χ0) is 17.0. The summed E-state index contributed by atoms with van der Waals surface area (Å²) in [7, 11) is 0. The highest BCUT2D eigenvalue weighted by molar-refractivity contribution is 4.82. The molecule has 134 valence electrons. The van der Waals surface area contributed by atoms with E-state index in [0.717, 1.165) is 25.9 Å². The van der Waals surface area contributed by atoms with Crippen LogP contribution in [0.3, 0.4) is 0 Å². The van der Waals surface area contributed by atoms with E-state index in [0.29, 0.717) is 0 Å². The first-order valence-corrected chi connectivity index (χ1v) is 8.53. The van der Waals surface area contributed by atoms with Crippen LogP contribution in [0.1, 0.15) is 52.4 Å². The minimum absolute atomic E-state index is 0.238. The molecule has 0 aliphatic carbocycles. The Balaban J connectivity index is 4.03. The van der Waals surface area contributed by atoms with E-state index in [-0.39, 0.29) is 6.54 Å². The summed E-state index contributed by atoms with van der Waals surface area (Å²) in [4.78, 5) is 2.02. The second-order valence-electron chi connectivity index (χ2n) is 5.96. The lowest BCUT2D eigenvalue weighted by Crippen LogP contribution is -2.49. The molecule has 0 radical (unpaired) electrons. The van der Waals surface area contributed by atoms with E-state index in [4.69, 9.17) is 5.11 Å². The molecule has 0 saturated carbocycles. The van der Waals surface area contributed by atoms with Crippen LogP contribution in [0.5, 0.6) is 0 Å². The standard InChI is InChI=1S/C16H35NO5/c1-3-5-6-7-8-9-10-17(4-2)11-13(19)15(21)16(22)14(20)12-18/h13-16,18-22H,3-12H2,1-2H3/t13-,14+,15+,16+/m0/s1. The van der Waals surface area contributed by atoms with Gasteiger partial charge in [0.15, 0.2) is 0 Å². The predicted octanol–water partition coefficient (Wildman–Crippen LogP) is 0.105. The second-order valence-corrected chi connectivity index (χ2v) is 5.96. The molecule has 5 N–H and O–H groups in total. The maximum atomic E-state index is 9.96. The molecule has 0 heterocycles. The summed E-state index contributed by atoms with van der Waals surface area (Å²) in [5, 5.41) is 47.4. The molecule has 4 atom stereocenters. The van der Waals surface area contributed by atoms with Gasteiger partial charge in [-0.2, -0.15) is 0 Å². The summed E-state index contributed by atoms with van der Waals surface area (Å²) < 4.78 is 0. The van der Waals surface area contributed by atoms with Crippen molar-refractivity contribution in [2.75, 3.05) is 26.2 Å². The Morgan fingerprint density at radius 2 is 1.32 bits per heavy atom. The quantitative estimate of drug-likeness (QED) is 0.291. The third kappa shape index (κ3) is 9.02. The van der Waals surface area contributed by atoms with Crippen molar-refractivity contribution in [3.8, 4) is 0 Å². The zero-order valence-electron chi connectivity index (χ0n) is 14.1. The first kappa shape index (κ1) is 21.8. The van der Waals surface area contributed by atoms with Crippen molar-refractivity contribution < 1.29 is 25.5 Å². The fourth-order valence-electron chi connectivity index (χ4n) is 2.43. The number of hydrogen-bond donors (Lipinski definition) is 5. The Bertz CT molecular complexity index is 255. The summed E-state index contributed by atoms with van der Waals surface area (Å²) in [5.74, 6) is 0. The second kappa shape index (κ2) is 13.2. The topological polar surface area (TPSA) is 104 Å². The Hall–Kier alpha value is -0.240. The van der Waals surface area contributed by atoms with E-state index in [1.165, 1.54) is 25.7 Å². The van der Waals surface area contributed by atoms with Gasteiger partial charge in [0.2, 0.25) is 0 Å². The normalized spacial score (nSPS) is 17.5. The van der Waals surface area contributed by atoms with Crippen molar-refractivity contribution in [3.05, 3.63) is 0 Å². The van der Waals surface area contributed by atoms with Gasteiger partial charge in [0.1, 0.15) is 18.3 Å². The van der Waals surface area contributed by atoms with Gasteiger partial charge in [-0.15, -0.1) is 0 Å². The summed E-state index contributed by atoms with van der Waals surface area (Å²) in [6.45, 7) is 5.34. The maximum Gasteiger partial charge on any atom is 0.111 e. The lowest BCUT2D eigenvalue weighted by atomic mass is 10.0. The van der Waals surface area contributed by atoms with Gasteiger partial charge in [0, 0.05) is 6.54 Å². The number of hydrogen-bond acceptors (Lipinski definition) is 6. The third-order valence-electron chi connectivity index (χ3n) is 4.05. The van der Waals surface area contributed by atoms with E-state index in [1.54, 1.807) is 0 Å². The summed E-state index contributed by atoms with van der Waals surface area (Å²) in [6, 6.07) is 0. The fraction of sp³-hybridized carbons (Fsp3) is 1.00. The largest absolute Gasteiger partial charge is 0.394 e. The van der Waals surface area contributed by atoms with Gasteiger partial charge in [0.25, 0.3) is 0 Å². The number of nitrogens with zero attached hydrogens (tertiary/aromatic N) is 1. The predicted molar refractivity (Wildman–Crippen MR) is 86.6 cm³/mol. The first-order valence-electron chi connectivity index (χ1n) is 8.53. The average molecular weight is 321 g/mol. The van der Waals surface area contributed by atoms with Gasteiger partial charge in [-0.1, -0.05) is 46.0 Å². The van der Waals surface area contributed by atoms with Crippen molar-refractivity contribution >= 4 is 0 Å². The van der Waals surface area contributed by atoms with E-state index in [1.807, 2.05) is 11.8 Å². The lowest BCUT2D eigenvalue weighted by molar-refractivity contribution is -0.119. The van der Waals surface area contributed by atoms with E-state index >= 15 is 0 Å².